The second kappa shape index (κ2) is 6.22. The number of sulfone groups is 1. The summed E-state index contributed by atoms with van der Waals surface area (Å²) < 4.78 is 29.0. The Bertz CT molecular complexity index is 727. The van der Waals surface area contributed by atoms with Crippen molar-refractivity contribution in [1.29, 1.82) is 0 Å². The molecule has 1 amide bonds. The van der Waals surface area contributed by atoms with Crippen LogP contribution in [0.4, 0.5) is 0 Å². The normalized spacial score (nSPS) is 30.3. The standard InChI is InChI=1S/C16H21NO5S2/c1-4-6-22-16(19)14-10-5-7-23-8-11(10)13-12(15(18)17(13)14)9(2)24(3,20)21/h4,9,11-13H,1,5-8H2,2-3H3/t9?,11-,12?,13-/m1/s1. The van der Waals surface area contributed by atoms with Crippen molar-refractivity contribution in [3.8, 4) is 0 Å². The summed E-state index contributed by atoms with van der Waals surface area (Å²) in [5.74, 6) is 0.365. The molecule has 2 fully saturated rings. The third-order valence-electron chi connectivity index (χ3n) is 5.11. The number of rotatable bonds is 5. The first-order valence-electron chi connectivity index (χ1n) is 7.89. The number of ether oxygens (including phenoxy) is 1. The van der Waals surface area contributed by atoms with Crippen LogP contribution in [-0.4, -0.2) is 60.9 Å². The molecule has 0 aromatic heterocycles. The molecule has 0 aliphatic carbocycles. The lowest BCUT2D eigenvalue weighted by molar-refractivity contribution is -0.157. The van der Waals surface area contributed by atoms with Crippen molar-refractivity contribution in [2.24, 2.45) is 11.8 Å². The highest BCUT2D eigenvalue weighted by molar-refractivity contribution is 7.99. The van der Waals surface area contributed by atoms with Gasteiger partial charge in [0.05, 0.1) is 17.2 Å². The second-order valence-corrected chi connectivity index (χ2v) is 10.0. The highest BCUT2D eigenvalue weighted by Crippen LogP contribution is 2.52. The maximum Gasteiger partial charge on any atom is 0.355 e. The van der Waals surface area contributed by atoms with Gasteiger partial charge in [0.25, 0.3) is 0 Å². The van der Waals surface area contributed by atoms with Crippen molar-refractivity contribution in [1.82, 2.24) is 4.90 Å². The van der Waals surface area contributed by atoms with Crippen LogP contribution >= 0.6 is 11.8 Å². The molecule has 3 heterocycles. The predicted octanol–water partition coefficient (Wildman–Crippen LogP) is 0.996. The average molecular weight is 371 g/mol. The van der Waals surface area contributed by atoms with Gasteiger partial charge in [-0.3, -0.25) is 4.79 Å². The van der Waals surface area contributed by atoms with E-state index in [2.05, 4.69) is 6.58 Å². The van der Waals surface area contributed by atoms with Gasteiger partial charge in [0.1, 0.15) is 12.3 Å². The first-order chi connectivity index (χ1) is 11.3. The predicted molar refractivity (Wildman–Crippen MR) is 92.0 cm³/mol. The van der Waals surface area contributed by atoms with Gasteiger partial charge >= 0.3 is 5.97 Å². The van der Waals surface area contributed by atoms with Gasteiger partial charge in [0.15, 0.2) is 9.84 Å². The molecule has 3 rings (SSSR count). The molecule has 24 heavy (non-hydrogen) atoms. The molecule has 132 valence electrons. The Kier molecular flexibility index (Phi) is 4.55. The minimum Gasteiger partial charge on any atom is -0.457 e. The topological polar surface area (TPSA) is 80.8 Å². The van der Waals surface area contributed by atoms with Gasteiger partial charge in [0.2, 0.25) is 5.91 Å². The fourth-order valence-corrected chi connectivity index (χ4v) is 5.82. The minimum atomic E-state index is -3.33. The van der Waals surface area contributed by atoms with E-state index in [1.165, 1.54) is 11.0 Å². The van der Waals surface area contributed by atoms with Gasteiger partial charge < -0.3 is 9.64 Å². The molecule has 4 atom stereocenters. The van der Waals surface area contributed by atoms with Gasteiger partial charge in [-0.25, -0.2) is 13.2 Å². The lowest BCUT2D eigenvalue weighted by Crippen LogP contribution is -2.65. The Balaban J connectivity index is 1.94. The summed E-state index contributed by atoms with van der Waals surface area (Å²) in [6.07, 6.45) is 3.37. The van der Waals surface area contributed by atoms with Crippen molar-refractivity contribution in [2.45, 2.75) is 24.6 Å². The smallest absolute Gasteiger partial charge is 0.355 e. The average Bonchev–Trinajstić information content (AvgIpc) is 2.83. The van der Waals surface area contributed by atoms with Gasteiger partial charge in [-0.1, -0.05) is 12.7 Å². The van der Waals surface area contributed by atoms with Crippen LogP contribution in [0, 0.1) is 11.8 Å². The quantitative estimate of drug-likeness (QED) is 0.407. The number of amides is 1. The molecule has 0 spiro atoms. The largest absolute Gasteiger partial charge is 0.457 e. The van der Waals surface area contributed by atoms with Crippen LogP contribution in [0.2, 0.25) is 0 Å². The van der Waals surface area contributed by atoms with Crippen LogP contribution in [0.3, 0.4) is 0 Å². The molecular formula is C16H21NO5S2. The third-order valence-corrected chi connectivity index (χ3v) is 7.84. The van der Waals surface area contributed by atoms with E-state index in [9.17, 15) is 18.0 Å². The molecule has 0 N–H and O–H groups in total. The van der Waals surface area contributed by atoms with Crippen molar-refractivity contribution >= 4 is 33.5 Å². The Hall–Kier alpha value is -1.28. The van der Waals surface area contributed by atoms with Crippen molar-refractivity contribution in [2.75, 3.05) is 24.4 Å². The number of carbonyl (C=O) groups excluding carboxylic acids is 2. The fourth-order valence-electron chi connectivity index (χ4n) is 3.83. The van der Waals surface area contributed by atoms with E-state index in [1.54, 1.807) is 18.7 Å². The first-order valence-corrected chi connectivity index (χ1v) is 11.0. The van der Waals surface area contributed by atoms with Crippen LogP contribution in [-0.2, 0) is 24.2 Å². The van der Waals surface area contributed by atoms with E-state index < -0.39 is 27.0 Å². The maximum atomic E-state index is 12.7. The molecule has 2 saturated heterocycles. The maximum absolute atomic E-state index is 12.7. The van der Waals surface area contributed by atoms with Crippen LogP contribution < -0.4 is 0 Å². The van der Waals surface area contributed by atoms with Gasteiger partial charge in [-0.2, -0.15) is 11.8 Å². The Morgan fingerprint density at radius 1 is 1.54 bits per heavy atom. The SMILES string of the molecule is C=CCOC(=O)C1=C2CCSC[C@H]2[C@@H]2C(C(C)S(C)(=O)=O)C(=O)N12. The zero-order valence-corrected chi connectivity index (χ0v) is 15.4. The summed E-state index contributed by atoms with van der Waals surface area (Å²) in [5.41, 5.74) is 1.29. The molecule has 0 aromatic rings. The Labute approximate surface area is 146 Å². The van der Waals surface area contributed by atoms with E-state index in [1.807, 2.05) is 0 Å². The van der Waals surface area contributed by atoms with Crippen molar-refractivity contribution in [3.63, 3.8) is 0 Å². The lowest BCUT2D eigenvalue weighted by Gasteiger charge is -2.48. The van der Waals surface area contributed by atoms with E-state index in [0.717, 1.165) is 29.8 Å². The van der Waals surface area contributed by atoms with Gasteiger partial charge in [-0.05, 0) is 24.7 Å². The summed E-state index contributed by atoms with van der Waals surface area (Å²) in [6.45, 7) is 5.19. The van der Waals surface area contributed by atoms with Gasteiger partial charge in [0, 0.05) is 17.9 Å². The van der Waals surface area contributed by atoms with Crippen molar-refractivity contribution < 1.29 is 22.7 Å². The number of carbonyl (C=O) groups is 2. The minimum absolute atomic E-state index is 0.0435. The number of β-lactam (4-membered cyclic amide) rings is 1. The molecule has 6 nitrogen and oxygen atoms in total. The van der Waals surface area contributed by atoms with Crippen LogP contribution in [0.1, 0.15) is 13.3 Å². The number of esters is 1. The zero-order valence-electron chi connectivity index (χ0n) is 13.7. The van der Waals surface area contributed by atoms with Gasteiger partial charge in [-0.15, -0.1) is 0 Å². The number of hydrogen-bond acceptors (Lipinski definition) is 6. The van der Waals surface area contributed by atoms with Crippen LogP contribution in [0.5, 0.6) is 0 Å². The summed E-state index contributed by atoms with van der Waals surface area (Å²) in [6, 6.07) is -0.240. The third kappa shape index (κ3) is 2.60. The number of fused-ring (bicyclic) bond motifs is 3. The molecule has 8 heteroatoms. The molecule has 2 unspecified atom stereocenters. The molecule has 0 bridgehead atoms. The number of thioether (sulfide) groups is 1. The van der Waals surface area contributed by atoms with E-state index in [0.29, 0.717) is 5.70 Å². The summed E-state index contributed by atoms with van der Waals surface area (Å²) in [7, 11) is -3.33. The highest BCUT2D eigenvalue weighted by atomic mass is 32.2. The van der Waals surface area contributed by atoms with E-state index in [4.69, 9.17) is 4.74 Å². The molecule has 0 radical (unpaired) electrons. The summed E-state index contributed by atoms with van der Waals surface area (Å²) in [4.78, 5) is 26.6. The highest BCUT2D eigenvalue weighted by Gasteiger charge is 2.62. The Morgan fingerprint density at radius 2 is 2.25 bits per heavy atom. The molecule has 3 aliphatic rings. The molecular weight excluding hydrogens is 350 g/mol. The van der Waals surface area contributed by atoms with Crippen LogP contribution in [0.15, 0.2) is 23.9 Å². The molecule has 0 saturated carbocycles. The van der Waals surface area contributed by atoms with E-state index in [-0.39, 0.29) is 24.5 Å². The van der Waals surface area contributed by atoms with Crippen molar-refractivity contribution in [3.05, 3.63) is 23.9 Å². The Morgan fingerprint density at radius 3 is 2.88 bits per heavy atom. The molecule has 0 aromatic carbocycles. The lowest BCUT2D eigenvalue weighted by atomic mass is 9.78. The molecule has 3 aliphatic heterocycles. The second-order valence-electron chi connectivity index (χ2n) is 6.45. The summed E-state index contributed by atoms with van der Waals surface area (Å²) >= 11 is 1.78. The fraction of sp³-hybridized carbons (Fsp3) is 0.625. The summed E-state index contributed by atoms with van der Waals surface area (Å²) in [5, 5.41) is -0.747. The van der Waals surface area contributed by atoms with Crippen LogP contribution in [0.25, 0.3) is 0 Å². The zero-order chi connectivity index (χ0) is 17.6. The first kappa shape index (κ1) is 17.5. The number of hydrogen-bond donors (Lipinski definition) is 0. The monoisotopic (exact) mass is 371 g/mol. The number of nitrogens with zero attached hydrogens (tertiary/aromatic N) is 1. The van der Waals surface area contributed by atoms with E-state index >= 15 is 0 Å².